The molecule has 0 heterocycles. The maximum absolute atomic E-state index is 9.86. The van der Waals surface area contributed by atoms with E-state index in [2.05, 4.69) is 0 Å². The topological polar surface area (TPSA) is 112 Å². The van der Waals surface area contributed by atoms with Crippen LogP contribution in [0.1, 0.15) is 0 Å². The van der Waals surface area contributed by atoms with Crippen molar-refractivity contribution in [2.24, 2.45) is 0 Å². The van der Waals surface area contributed by atoms with Gasteiger partial charge < -0.3 is 29.7 Å². The molecule has 0 aromatic heterocycles. The normalized spacial score (nSPS) is 9.30. The third-order valence-corrected chi connectivity index (χ3v) is 0.907. The summed E-state index contributed by atoms with van der Waals surface area (Å²) in [4.78, 5) is 29.6. The highest BCUT2D eigenvalue weighted by Gasteiger charge is 2.26. The van der Waals surface area contributed by atoms with Gasteiger partial charge in [0.2, 0.25) is 0 Å². The molecular weight excluding hydrogens is 143 g/mol. The Bertz CT molecular complexity index is 152. The third kappa shape index (κ3) is 1.77. The highest BCUT2D eigenvalue weighted by molar-refractivity contribution is 7.25. The van der Waals surface area contributed by atoms with Crippen LogP contribution in [0, 0.1) is 0 Å². The first-order chi connectivity index (χ1) is 4.46. The first kappa shape index (κ1) is 8.47. The molecule has 6 nitrogen and oxygen atoms in total. The molecule has 0 aromatic carbocycles. The highest BCUT2D eigenvalue weighted by Crippen LogP contribution is 1.88. The van der Waals surface area contributed by atoms with Crippen molar-refractivity contribution in [3.05, 3.63) is 0 Å². The number of hydrogen-bond acceptors (Lipinski definition) is 3. The second-order valence-corrected chi connectivity index (χ2v) is 1.71. The van der Waals surface area contributed by atoms with Crippen molar-refractivity contribution in [1.29, 1.82) is 0 Å². The van der Waals surface area contributed by atoms with Gasteiger partial charge >= 0.3 is 6.71 Å². The summed E-state index contributed by atoms with van der Waals surface area (Å²) in [5.74, 6) is -5.38. The molecule has 0 saturated heterocycles. The number of hydrogen-bond donors (Lipinski definition) is 3. The van der Waals surface area contributed by atoms with Crippen LogP contribution in [0.3, 0.4) is 0 Å². The smallest absolute Gasteiger partial charge is 0.331 e. The van der Waals surface area contributed by atoms with E-state index >= 15 is 0 Å². The Kier molecular flexibility index (Phi) is 2.42. The summed E-state index contributed by atoms with van der Waals surface area (Å²) in [6.45, 7) is -3.17. The molecular formula is C3H4BO6-. The molecule has 56 valence electrons. The average Bonchev–Trinajstić information content (AvgIpc) is 1.59. The number of rotatable bonds is 3. The fraction of sp³-hybridized carbons (Fsp3) is 0. The zero-order valence-corrected chi connectivity index (χ0v) is 4.77. The first-order valence-electron chi connectivity index (χ1n) is 2.34. The van der Waals surface area contributed by atoms with Crippen molar-refractivity contribution in [3.8, 4) is 0 Å². The Morgan fingerprint density at radius 1 is 0.800 bits per heavy atom. The van der Waals surface area contributed by atoms with Crippen LogP contribution < -0.4 is 0 Å². The second kappa shape index (κ2) is 2.86. The molecule has 10 heavy (non-hydrogen) atoms. The molecule has 0 aliphatic carbocycles. The SMILES string of the molecule is O=C(O)[BH-](C(=O)O)C(=O)O. The first-order valence-corrected chi connectivity index (χ1v) is 2.34. The summed E-state index contributed by atoms with van der Waals surface area (Å²) in [5, 5.41) is 24.0. The van der Waals surface area contributed by atoms with E-state index in [0.29, 0.717) is 0 Å². The Morgan fingerprint density at radius 3 is 1.00 bits per heavy atom. The lowest BCUT2D eigenvalue weighted by Gasteiger charge is -2.05. The average molecular weight is 147 g/mol. The van der Waals surface area contributed by atoms with E-state index in [1.807, 2.05) is 0 Å². The van der Waals surface area contributed by atoms with Crippen molar-refractivity contribution in [3.63, 3.8) is 0 Å². The zero-order chi connectivity index (χ0) is 8.31. The van der Waals surface area contributed by atoms with Crippen LogP contribution in [0.15, 0.2) is 0 Å². The quantitative estimate of drug-likeness (QED) is 0.484. The third-order valence-electron chi connectivity index (χ3n) is 0.907. The van der Waals surface area contributed by atoms with Crippen LogP contribution in [-0.4, -0.2) is 39.6 Å². The molecule has 0 fully saturated rings. The van der Waals surface area contributed by atoms with E-state index in [1.165, 1.54) is 0 Å². The van der Waals surface area contributed by atoms with Gasteiger partial charge in [-0.3, -0.25) is 0 Å². The minimum Gasteiger partial charge on any atom is -0.514 e. The fourth-order valence-electron chi connectivity index (χ4n) is 0.388. The lowest BCUT2D eigenvalue weighted by atomic mass is 9.50. The van der Waals surface area contributed by atoms with Gasteiger partial charge in [0.05, 0.1) is 0 Å². The standard InChI is InChI=1S/C3H4BO6/c5-1(6)4(2(7)8)3(9)10/h4H,(H,5,6)(H,7,8)(H,9,10)/q-1. The molecule has 0 amide bonds. The van der Waals surface area contributed by atoms with Crippen molar-refractivity contribution < 1.29 is 29.7 Å². The minimum atomic E-state index is -3.17. The van der Waals surface area contributed by atoms with Gasteiger partial charge in [-0.15, -0.1) is 0 Å². The Hall–Kier alpha value is -1.53. The largest absolute Gasteiger partial charge is 0.514 e. The maximum atomic E-state index is 9.86. The van der Waals surface area contributed by atoms with Crippen molar-refractivity contribution in [1.82, 2.24) is 0 Å². The molecule has 0 rings (SSSR count). The number of carbonyl (C=O) groups is 3. The molecule has 0 saturated carbocycles. The summed E-state index contributed by atoms with van der Waals surface area (Å²) < 4.78 is 0. The summed E-state index contributed by atoms with van der Waals surface area (Å²) in [7, 11) is 0. The van der Waals surface area contributed by atoms with Crippen LogP contribution in [0.4, 0.5) is 14.4 Å². The molecule has 0 aliphatic heterocycles. The van der Waals surface area contributed by atoms with Crippen LogP contribution in [-0.2, 0) is 0 Å². The summed E-state index contributed by atoms with van der Waals surface area (Å²) >= 11 is 0. The van der Waals surface area contributed by atoms with Gasteiger partial charge in [-0.1, -0.05) is 0 Å². The second-order valence-electron chi connectivity index (χ2n) is 1.71. The molecule has 0 atom stereocenters. The van der Waals surface area contributed by atoms with Gasteiger partial charge in [0, 0.05) is 0 Å². The molecule has 0 spiro atoms. The van der Waals surface area contributed by atoms with E-state index in [4.69, 9.17) is 15.3 Å². The molecule has 0 bridgehead atoms. The van der Waals surface area contributed by atoms with Gasteiger partial charge in [-0.05, 0) is 0 Å². The van der Waals surface area contributed by atoms with Crippen LogP contribution >= 0.6 is 0 Å². The lowest BCUT2D eigenvalue weighted by molar-refractivity contribution is 0.204. The van der Waals surface area contributed by atoms with Gasteiger partial charge in [0.1, 0.15) is 17.6 Å². The summed E-state index contributed by atoms with van der Waals surface area (Å²) in [6, 6.07) is 0. The summed E-state index contributed by atoms with van der Waals surface area (Å²) in [5.41, 5.74) is 0. The molecule has 0 aromatic rings. The number of carboxylic acid groups (broad SMARTS) is 3. The van der Waals surface area contributed by atoms with Crippen LogP contribution in [0.25, 0.3) is 0 Å². The van der Waals surface area contributed by atoms with Crippen molar-refractivity contribution in [2.45, 2.75) is 0 Å². The zero-order valence-electron chi connectivity index (χ0n) is 4.77. The lowest BCUT2D eigenvalue weighted by Crippen LogP contribution is -2.40. The monoisotopic (exact) mass is 147 g/mol. The van der Waals surface area contributed by atoms with Crippen molar-refractivity contribution in [2.75, 3.05) is 0 Å². The van der Waals surface area contributed by atoms with E-state index in [0.717, 1.165) is 0 Å². The van der Waals surface area contributed by atoms with E-state index in [9.17, 15) is 14.4 Å². The Morgan fingerprint density at radius 2 is 1.00 bits per heavy atom. The van der Waals surface area contributed by atoms with E-state index in [-0.39, 0.29) is 0 Å². The fourth-order valence-corrected chi connectivity index (χ4v) is 0.388. The maximum Gasteiger partial charge on any atom is 0.331 e. The molecule has 3 N–H and O–H groups in total. The van der Waals surface area contributed by atoms with Crippen LogP contribution in [0.5, 0.6) is 0 Å². The predicted molar refractivity (Wildman–Crippen MR) is 31.2 cm³/mol. The predicted octanol–water partition coefficient (Wildman–Crippen LogP) is -0.00740. The van der Waals surface area contributed by atoms with Gasteiger partial charge in [0.15, 0.2) is 0 Å². The Labute approximate surface area is 55.2 Å². The van der Waals surface area contributed by atoms with E-state index < -0.39 is 24.3 Å². The molecule has 0 aliphatic rings. The van der Waals surface area contributed by atoms with Crippen LogP contribution in [0.2, 0.25) is 0 Å². The molecule has 0 radical (unpaired) electrons. The Balaban J connectivity index is 4.43. The van der Waals surface area contributed by atoms with E-state index in [1.54, 1.807) is 0 Å². The minimum absolute atomic E-state index is 1.79. The summed E-state index contributed by atoms with van der Waals surface area (Å²) in [6.07, 6.45) is 0. The van der Waals surface area contributed by atoms with Gasteiger partial charge in [-0.25, -0.2) is 0 Å². The highest BCUT2D eigenvalue weighted by atomic mass is 16.4. The van der Waals surface area contributed by atoms with Gasteiger partial charge in [0.25, 0.3) is 0 Å². The van der Waals surface area contributed by atoms with Crippen molar-refractivity contribution >= 4 is 24.3 Å². The molecule has 0 unspecified atom stereocenters. The van der Waals surface area contributed by atoms with Gasteiger partial charge in [-0.2, -0.15) is 0 Å². The molecule has 7 heteroatoms.